The van der Waals surface area contributed by atoms with E-state index in [-0.39, 0.29) is 6.10 Å². The Labute approximate surface area is 197 Å². The number of piperazine rings is 1. The van der Waals surface area contributed by atoms with Crippen LogP contribution in [0.25, 0.3) is 0 Å². The van der Waals surface area contributed by atoms with E-state index in [0.717, 1.165) is 69.1 Å². The van der Waals surface area contributed by atoms with E-state index in [1.54, 1.807) is 7.11 Å². The van der Waals surface area contributed by atoms with Crippen LogP contribution in [-0.2, 0) is 6.42 Å². The van der Waals surface area contributed by atoms with E-state index < -0.39 is 0 Å². The third-order valence-electron chi connectivity index (χ3n) is 7.37. The number of aliphatic hydroxyl groups excluding tert-OH is 1. The van der Waals surface area contributed by atoms with E-state index >= 15 is 0 Å². The van der Waals surface area contributed by atoms with Crippen molar-refractivity contribution in [2.24, 2.45) is 5.92 Å². The molecule has 4 atom stereocenters. The van der Waals surface area contributed by atoms with Gasteiger partial charge >= 0.3 is 0 Å². The number of rotatable bonds is 8. The standard InChI is InChI=1S/C27H37ClN2O2/c1-32-24-9-5-7-21(18-24)26(25-10-2-3-11-27(25)31)19-23(30-14-12-29-13-15-30)17-20-6-4-8-22(28)16-20/h4-9,16,18,23,25-27,29,31H,2-3,10-15,17,19H2,1H3. The first-order valence-electron chi connectivity index (χ1n) is 12.2. The summed E-state index contributed by atoms with van der Waals surface area (Å²) < 4.78 is 5.55. The lowest BCUT2D eigenvalue weighted by Crippen LogP contribution is -2.50. The van der Waals surface area contributed by atoms with Gasteiger partial charge in [0.05, 0.1) is 13.2 Å². The summed E-state index contributed by atoms with van der Waals surface area (Å²) in [7, 11) is 1.73. The quantitative estimate of drug-likeness (QED) is 0.593. The largest absolute Gasteiger partial charge is 0.497 e. The van der Waals surface area contributed by atoms with Crippen LogP contribution in [0.1, 0.15) is 49.1 Å². The molecule has 0 spiro atoms. The molecule has 4 nitrogen and oxygen atoms in total. The summed E-state index contributed by atoms with van der Waals surface area (Å²) in [6, 6.07) is 17.2. The summed E-state index contributed by atoms with van der Waals surface area (Å²) in [6.07, 6.45) is 6.12. The van der Waals surface area contributed by atoms with Crippen LogP contribution in [0.2, 0.25) is 5.02 Å². The van der Waals surface area contributed by atoms with Crippen LogP contribution in [0.3, 0.4) is 0 Å². The summed E-state index contributed by atoms with van der Waals surface area (Å²) in [5.41, 5.74) is 2.58. The van der Waals surface area contributed by atoms with Gasteiger partial charge in [0, 0.05) is 37.2 Å². The van der Waals surface area contributed by atoms with Gasteiger partial charge in [0.2, 0.25) is 0 Å². The van der Waals surface area contributed by atoms with Crippen molar-refractivity contribution in [2.75, 3.05) is 33.3 Å². The lowest BCUT2D eigenvalue weighted by Gasteiger charge is -2.41. The Hall–Kier alpha value is -1.59. The maximum atomic E-state index is 11.0. The summed E-state index contributed by atoms with van der Waals surface area (Å²) in [5.74, 6) is 1.49. The molecule has 2 aliphatic rings. The zero-order valence-electron chi connectivity index (χ0n) is 19.2. The molecule has 2 aromatic rings. The van der Waals surface area contributed by atoms with Gasteiger partial charge in [-0.3, -0.25) is 4.90 Å². The molecular formula is C27H37ClN2O2. The van der Waals surface area contributed by atoms with E-state index in [1.807, 2.05) is 12.1 Å². The van der Waals surface area contributed by atoms with Gasteiger partial charge in [-0.1, -0.05) is 48.7 Å². The summed E-state index contributed by atoms with van der Waals surface area (Å²) in [6.45, 7) is 4.18. The van der Waals surface area contributed by atoms with E-state index in [0.29, 0.717) is 17.9 Å². The number of benzene rings is 2. The van der Waals surface area contributed by atoms with Crippen molar-refractivity contribution in [3.8, 4) is 5.75 Å². The van der Waals surface area contributed by atoms with E-state index in [4.69, 9.17) is 16.3 Å². The molecule has 2 aromatic carbocycles. The minimum Gasteiger partial charge on any atom is -0.497 e. The minimum absolute atomic E-state index is 0.227. The van der Waals surface area contributed by atoms with E-state index in [2.05, 4.69) is 46.6 Å². The number of halogens is 1. The van der Waals surface area contributed by atoms with Crippen molar-refractivity contribution < 1.29 is 9.84 Å². The van der Waals surface area contributed by atoms with Crippen molar-refractivity contribution in [2.45, 2.75) is 56.6 Å². The Morgan fingerprint density at radius 1 is 1.09 bits per heavy atom. The molecule has 5 heteroatoms. The average Bonchev–Trinajstić information content (AvgIpc) is 2.83. The van der Waals surface area contributed by atoms with E-state index in [1.165, 1.54) is 17.5 Å². The van der Waals surface area contributed by atoms with Crippen molar-refractivity contribution in [3.05, 3.63) is 64.7 Å². The molecule has 4 unspecified atom stereocenters. The Morgan fingerprint density at radius 3 is 2.62 bits per heavy atom. The number of nitrogens with one attached hydrogen (secondary N) is 1. The molecular weight excluding hydrogens is 420 g/mol. The lowest BCUT2D eigenvalue weighted by molar-refractivity contribution is 0.0438. The van der Waals surface area contributed by atoms with Gasteiger partial charge in [-0.2, -0.15) is 0 Å². The van der Waals surface area contributed by atoms with Gasteiger partial charge in [0.1, 0.15) is 5.75 Å². The number of nitrogens with zero attached hydrogens (tertiary/aromatic N) is 1. The molecule has 0 aromatic heterocycles. The van der Waals surface area contributed by atoms with Crippen molar-refractivity contribution in [1.82, 2.24) is 10.2 Å². The molecule has 2 fully saturated rings. The van der Waals surface area contributed by atoms with Gasteiger partial charge in [0.15, 0.2) is 0 Å². The SMILES string of the molecule is COc1cccc(C(CC(Cc2cccc(Cl)c2)N2CCNCC2)C2CCCCC2O)c1. The van der Waals surface area contributed by atoms with Gasteiger partial charge in [-0.05, 0) is 72.9 Å². The maximum Gasteiger partial charge on any atom is 0.119 e. The Bertz CT molecular complexity index is 855. The molecule has 1 saturated heterocycles. The molecule has 1 aliphatic heterocycles. The fraction of sp³-hybridized carbons (Fsp3) is 0.556. The number of aliphatic hydroxyl groups is 1. The monoisotopic (exact) mass is 456 g/mol. The van der Waals surface area contributed by atoms with Crippen molar-refractivity contribution >= 4 is 11.6 Å². The minimum atomic E-state index is -0.227. The van der Waals surface area contributed by atoms with Crippen LogP contribution in [-0.4, -0.2) is 55.4 Å². The first kappa shape index (κ1) is 23.6. The van der Waals surface area contributed by atoms with Crippen LogP contribution in [0, 0.1) is 5.92 Å². The zero-order valence-corrected chi connectivity index (χ0v) is 19.9. The molecule has 4 rings (SSSR count). The number of hydrogen-bond acceptors (Lipinski definition) is 4. The number of methoxy groups -OCH3 is 1. The Balaban J connectivity index is 1.64. The van der Waals surface area contributed by atoms with Gasteiger partial charge in [-0.15, -0.1) is 0 Å². The fourth-order valence-electron chi connectivity index (χ4n) is 5.68. The predicted molar refractivity (Wildman–Crippen MR) is 132 cm³/mol. The normalized spacial score (nSPS) is 24.1. The first-order chi connectivity index (χ1) is 15.6. The topological polar surface area (TPSA) is 44.7 Å². The maximum absolute atomic E-state index is 11.0. The summed E-state index contributed by atoms with van der Waals surface area (Å²) in [4.78, 5) is 2.64. The van der Waals surface area contributed by atoms with Gasteiger partial charge < -0.3 is 15.2 Å². The highest BCUT2D eigenvalue weighted by atomic mass is 35.5. The van der Waals surface area contributed by atoms with Crippen LogP contribution >= 0.6 is 11.6 Å². The Kier molecular flexibility index (Phi) is 8.48. The van der Waals surface area contributed by atoms with Crippen LogP contribution in [0.4, 0.5) is 0 Å². The molecule has 32 heavy (non-hydrogen) atoms. The second-order valence-corrected chi connectivity index (χ2v) is 9.84. The van der Waals surface area contributed by atoms with Crippen LogP contribution in [0.15, 0.2) is 48.5 Å². The average molecular weight is 457 g/mol. The first-order valence-corrected chi connectivity index (χ1v) is 12.5. The molecule has 2 N–H and O–H groups in total. The number of ether oxygens (including phenoxy) is 1. The molecule has 1 saturated carbocycles. The molecule has 0 radical (unpaired) electrons. The highest BCUT2D eigenvalue weighted by Gasteiger charge is 2.35. The Morgan fingerprint density at radius 2 is 1.88 bits per heavy atom. The van der Waals surface area contributed by atoms with Crippen LogP contribution < -0.4 is 10.1 Å². The highest BCUT2D eigenvalue weighted by molar-refractivity contribution is 6.30. The fourth-order valence-corrected chi connectivity index (χ4v) is 5.89. The van der Waals surface area contributed by atoms with Crippen molar-refractivity contribution in [1.29, 1.82) is 0 Å². The number of hydrogen-bond donors (Lipinski definition) is 2. The third kappa shape index (κ3) is 6.05. The van der Waals surface area contributed by atoms with Gasteiger partial charge in [0.25, 0.3) is 0 Å². The third-order valence-corrected chi connectivity index (χ3v) is 7.61. The summed E-state index contributed by atoms with van der Waals surface area (Å²) >= 11 is 6.32. The second kappa shape index (κ2) is 11.5. The molecule has 174 valence electrons. The smallest absolute Gasteiger partial charge is 0.119 e. The zero-order chi connectivity index (χ0) is 22.3. The molecule has 0 bridgehead atoms. The predicted octanol–water partition coefficient (Wildman–Crippen LogP) is 4.89. The summed E-state index contributed by atoms with van der Waals surface area (Å²) in [5, 5.41) is 15.3. The highest BCUT2D eigenvalue weighted by Crippen LogP contribution is 2.41. The molecule has 1 heterocycles. The van der Waals surface area contributed by atoms with Crippen LogP contribution in [0.5, 0.6) is 5.75 Å². The molecule has 0 amide bonds. The van der Waals surface area contributed by atoms with Gasteiger partial charge in [-0.25, -0.2) is 0 Å². The van der Waals surface area contributed by atoms with Crippen molar-refractivity contribution in [3.63, 3.8) is 0 Å². The van der Waals surface area contributed by atoms with E-state index in [9.17, 15) is 5.11 Å². The second-order valence-electron chi connectivity index (χ2n) is 9.41. The lowest BCUT2D eigenvalue weighted by atomic mass is 9.72. The molecule has 1 aliphatic carbocycles.